The molecule has 4 aromatic rings. The molecule has 0 heterocycles. The van der Waals surface area contributed by atoms with E-state index in [1.807, 2.05) is 0 Å². The van der Waals surface area contributed by atoms with Gasteiger partial charge in [-0.05, 0) is 56.6 Å². The lowest BCUT2D eigenvalue weighted by Crippen LogP contribution is -2.15. The maximum absolute atomic E-state index is 2.41. The maximum Gasteiger partial charge on any atom is 0.139 e. The largest absolute Gasteiger partial charge is 0.139 e. The van der Waals surface area contributed by atoms with E-state index in [0.717, 1.165) is 0 Å². The summed E-state index contributed by atoms with van der Waals surface area (Å²) in [5.74, 6) is 0. The van der Waals surface area contributed by atoms with Crippen LogP contribution in [0.25, 0.3) is 33.4 Å². The zero-order chi connectivity index (χ0) is 19.3. The van der Waals surface area contributed by atoms with Gasteiger partial charge in [0.2, 0.25) is 0 Å². The fourth-order valence-electron chi connectivity index (χ4n) is 4.57. The first kappa shape index (κ1) is 17.1. The van der Waals surface area contributed by atoms with Crippen LogP contribution in [0.1, 0.15) is 25.0 Å². The third-order valence-electron chi connectivity index (χ3n) is 6.15. The van der Waals surface area contributed by atoms with Crippen LogP contribution in [0.4, 0.5) is 0 Å². The van der Waals surface area contributed by atoms with Crippen molar-refractivity contribution < 1.29 is 0 Å². The van der Waals surface area contributed by atoms with E-state index in [0.29, 0.717) is 0 Å². The van der Waals surface area contributed by atoms with Crippen LogP contribution in [-0.2, 0) is 5.41 Å². The molecule has 0 atom stereocenters. The second-order valence-corrected chi connectivity index (χ2v) is 8.35. The first-order chi connectivity index (χ1) is 13.6. The zero-order valence-corrected chi connectivity index (χ0v) is 16.7. The summed E-state index contributed by atoms with van der Waals surface area (Å²) in [5, 5.41) is 0. The molecule has 0 spiro atoms. The van der Waals surface area contributed by atoms with E-state index in [1.165, 1.54) is 50.0 Å². The van der Waals surface area contributed by atoms with Gasteiger partial charge < -0.3 is 0 Å². The highest BCUT2D eigenvalue weighted by molar-refractivity contribution is 6.32. The predicted octanol–water partition coefficient (Wildman–Crippen LogP) is 5.59. The van der Waals surface area contributed by atoms with E-state index < -0.39 is 0 Å². The quantitative estimate of drug-likeness (QED) is 0.410. The summed E-state index contributed by atoms with van der Waals surface area (Å²) in [5.41, 5.74) is 12.1. The molecule has 4 aromatic carbocycles. The highest BCUT2D eigenvalue weighted by atomic mass is 14.4. The van der Waals surface area contributed by atoms with E-state index in [9.17, 15) is 0 Å². The Kier molecular flexibility index (Phi) is 3.80. The molecule has 0 amide bonds. The molecule has 0 radical (unpaired) electrons. The summed E-state index contributed by atoms with van der Waals surface area (Å²) in [6.45, 7) is 4.71. The highest BCUT2D eigenvalue weighted by Gasteiger charge is 2.37. The topological polar surface area (TPSA) is 0 Å². The van der Waals surface area contributed by atoms with Gasteiger partial charge >= 0.3 is 0 Å². The van der Waals surface area contributed by atoms with E-state index >= 15 is 0 Å². The van der Waals surface area contributed by atoms with Gasteiger partial charge in [-0.2, -0.15) is 0 Å². The van der Waals surface area contributed by atoms with Crippen LogP contribution in [0, 0.1) is 0 Å². The van der Waals surface area contributed by atoms with Gasteiger partial charge in [0.25, 0.3) is 0 Å². The molecule has 1 aliphatic rings. The molecular weight excluding hydrogens is 335 g/mol. The maximum atomic E-state index is 2.41. The van der Waals surface area contributed by atoms with E-state index in [4.69, 9.17) is 0 Å². The smallest absolute Gasteiger partial charge is 0.0889 e. The Hall–Kier alpha value is -3.06. The summed E-state index contributed by atoms with van der Waals surface area (Å²) in [6.07, 6.45) is 0. The van der Waals surface area contributed by atoms with Gasteiger partial charge in [0.15, 0.2) is 0 Å². The molecule has 0 aliphatic heterocycles. The Bertz CT molecular complexity index is 1170. The molecule has 0 fully saturated rings. The second-order valence-electron chi connectivity index (χ2n) is 8.35. The fourth-order valence-corrected chi connectivity index (χ4v) is 4.57. The molecule has 0 N–H and O–H groups in total. The van der Waals surface area contributed by atoms with Crippen LogP contribution in [0.5, 0.6) is 0 Å². The number of rotatable bonds is 2. The molecule has 0 saturated carbocycles. The second kappa shape index (κ2) is 6.24. The molecular formula is C27H23B. The number of hydrogen-bond acceptors (Lipinski definition) is 0. The van der Waals surface area contributed by atoms with Gasteiger partial charge in [-0.15, -0.1) is 0 Å². The van der Waals surface area contributed by atoms with Crippen molar-refractivity contribution in [3.63, 3.8) is 0 Å². The summed E-state index contributed by atoms with van der Waals surface area (Å²) in [6, 6.07) is 33.3. The van der Waals surface area contributed by atoms with Crippen molar-refractivity contribution in [2.45, 2.75) is 19.3 Å². The van der Waals surface area contributed by atoms with Crippen LogP contribution in [0.2, 0.25) is 0 Å². The number of fused-ring (bicyclic) bond motifs is 3. The zero-order valence-electron chi connectivity index (χ0n) is 16.7. The standard InChI is InChI=1S/C27H23B/c1-27(2)24-11-7-6-10-22(24)26-23(19-8-4-3-5-9-19)16-20(17-25(26)27)18-12-14-21(28)15-13-18/h3-17H,28H2,1-2H3. The summed E-state index contributed by atoms with van der Waals surface area (Å²) < 4.78 is 0. The van der Waals surface area contributed by atoms with Gasteiger partial charge in [-0.25, -0.2) is 0 Å². The average molecular weight is 358 g/mol. The van der Waals surface area contributed by atoms with Gasteiger partial charge in [-0.1, -0.05) is 98.2 Å². The minimum atomic E-state index is -0.00381. The fraction of sp³-hybridized carbons (Fsp3) is 0.111. The lowest BCUT2D eigenvalue weighted by molar-refractivity contribution is 0.660. The lowest BCUT2D eigenvalue weighted by atomic mass is 9.80. The van der Waals surface area contributed by atoms with Gasteiger partial charge in [0.05, 0.1) is 0 Å². The van der Waals surface area contributed by atoms with E-state index in [2.05, 4.69) is 113 Å². The SMILES string of the molecule is Bc1ccc(-c2cc(-c3ccccc3)c3c(c2)C(C)(C)c2ccccc2-3)cc1. The minimum absolute atomic E-state index is 0.00381. The van der Waals surface area contributed by atoms with Crippen molar-refractivity contribution in [2.75, 3.05) is 0 Å². The number of benzene rings is 4. The highest BCUT2D eigenvalue weighted by Crippen LogP contribution is 2.53. The molecule has 1 heteroatoms. The third kappa shape index (κ3) is 2.54. The summed E-state index contributed by atoms with van der Waals surface area (Å²) >= 11 is 0. The van der Waals surface area contributed by atoms with Crippen LogP contribution in [0.15, 0.2) is 91.0 Å². The summed E-state index contributed by atoms with van der Waals surface area (Å²) in [7, 11) is 2.14. The lowest BCUT2D eigenvalue weighted by Gasteiger charge is -2.23. The van der Waals surface area contributed by atoms with Crippen LogP contribution in [0.3, 0.4) is 0 Å². The summed E-state index contributed by atoms with van der Waals surface area (Å²) in [4.78, 5) is 0. The van der Waals surface area contributed by atoms with Crippen molar-refractivity contribution in [3.8, 4) is 33.4 Å². The van der Waals surface area contributed by atoms with Crippen molar-refractivity contribution in [1.29, 1.82) is 0 Å². The Balaban J connectivity index is 1.85. The Morgan fingerprint density at radius 2 is 1.25 bits per heavy atom. The normalized spacial score (nSPS) is 13.8. The Morgan fingerprint density at radius 1 is 0.571 bits per heavy atom. The van der Waals surface area contributed by atoms with Crippen LogP contribution < -0.4 is 5.46 Å². The Labute approximate surface area is 168 Å². The van der Waals surface area contributed by atoms with Crippen LogP contribution >= 0.6 is 0 Å². The monoisotopic (exact) mass is 358 g/mol. The predicted molar refractivity (Wildman–Crippen MR) is 123 cm³/mol. The average Bonchev–Trinajstić information content (AvgIpc) is 2.96. The molecule has 0 aromatic heterocycles. The molecule has 134 valence electrons. The first-order valence-corrected chi connectivity index (χ1v) is 9.96. The number of hydrogen-bond donors (Lipinski definition) is 0. The van der Waals surface area contributed by atoms with Crippen molar-refractivity contribution in [2.24, 2.45) is 0 Å². The minimum Gasteiger partial charge on any atom is -0.0889 e. The molecule has 1 aliphatic carbocycles. The van der Waals surface area contributed by atoms with Gasteiger partial charge in [-0.3, -0.25) is 0 Å². The molecule has 28 heavy (non-hydrogen) atoms. The Morgan fingerprint density at radius 3 is 2.00 bits per heavy atom. The van der Waals surface area contributed by atoms with Gasteiger partial charge in [0, 0.05) is 5.41 Å². The van der Waals surface area contributed by atoms with Crippen molar-refractivity contribution in [1.82, 2.24) is 0 Å². The first-order valence-electron chi connectivity index (χ1n) is 9.96. The molecule has 0 saturated heterocycles. The molecule has 5 rings (SSSR count). The van der Waals surface area contributed by atoms with E-state index in [1.54, 1.807) is 0 Å². The van der Waals surface area contributed by atoms with E-state index in [-0.39, 0.29) is 5.41 Å². The van der Waals surface area contributed by atoms with Crippen molar-refractivity contribution in [3.05, 3.63) is 102 Å². The van der Waals surface area contributed by atoms with Crippen LogP contribution in [-0.4, -0.2) is 7.85 Å². The van der Waals surface area contributed by atoms with Crippen molar-refractivity contribution >= 4 is 13.3 Å². The third-order valence-corrected chi connectivity index (χ3v) is 6.15. The van der Waals surface area contributed by atoms with Gasteiger partial charge in [0.1, 0.15) is 7.85 Å². The molecule has 0 bridgehead atoms. The molecule has 0 unspecified atom stereocenters. The molecule has 0 nitrogen and oxygen atoms in total.